The third-order valence-electron chi connectivity index (χ3n) is 2.57. The monoisotopic (exact) mass is 256 g/mol. The highest BCUT2D eigenvalue weighted by atomic mass is 16.5. The first-order valence-corrected chi connectivity index (χ1v) is 5.77. The van der Waals surface area contributed by atoms with Crippen molar-refractivity contribution in [1.29, 1.82) is 0 Å². The van der Waals surface area contributed by atoms with E-state index in [0.29, 0.717) is 23.5 Å². The van der Waals surface area contributed by atoms with Gasteiger partial charge in [-0.15, -0.1) is 0 Å². The number of carbonyl (C=O) groups is 1. The first-order valence-electron chi connectivity index (χ1n) is 5.77. The maximum atomic E-state index is 11.9. The lowest BCUT2D eigenvalue weighted by Crippen LogP contribution is -2.35. The molecule has 0 spiro atoms. The summed E-state index contributed by atoms with van der Waals surface area (Å²) in [6, 6.07) is 0. The van der Waals surface area contributed by atoms with Crippen LogP contribution in [0.15, 0.2) is 0 Å². The minimum absolute atomic E-state index is 0.110. The fraction of sp³-hybridized carbons (Fsp3) is 0.636. The van der Waals surface area contributed by atoms with Crippen LogP contribution in [0.3, 0.4) is 0 Å². The molecule has 0 saturated heterocycles. The largest absolute Gasteiger partial charge is 0.395 e. The molecule has 1 unspecified atom stereocenters. The number of hydrogen-bond donors (Lipinski definition) is 3. The zero-order chi connectivity index (χ0) is 13.7. The van der Waals surface area contributed by atoms with Gasteiger partial charge >= 0.3 is 0 Å². The van der Waals surface area contributed by atoms with E-state index in [-0.39, 0.29) is 19.1 Å². The van der Waals surface area contributed by atoms with Crippen molar-refractivity contribution in [2.24, 2.45) is 7.05 Å². The van der Waals surface area contributed by atoms with Crippen LogP contribution in [-0.4, -0.2) is 47.2 Å². The maximum absolute atomic E-state index is 11.9. The third kappa shape index (κ3) is 3.21. The molecule has 0 aliphatic carbocycles. The number of rotatable bonds is 6. The van der Waals surface area contributed by atoms with Crippen molar-refractivity contribution in [3.63, 3.8) is 0 Å². The van der Waals surface area contributed by atoms with Gasteiger partial charge in [0.05, 0.1) is 24.1 Å². The predicted octanol–water partition coefficient (Wildman–Crippen LogP) is -0.698. The Kier molecular flexibility index (Phi) is 5.11. The zero-order valence-corrected chi connectivity index (χ0v) is 10.9. The van der Waals surface area contributed by atoms with E-state index in [1.807, 2.05) is 6.92 Å². The van der Waals surface area contributed by atoms with Gasteiger partial charge in [-0.05, 0) is 6.42 Å². The predicted molar refractivity (Wildman–Crippen MR) is 67.2 cm³/mol. The van der Waals surface area contributed by atoms with Gasteiger partial charge in [0.15, 0.2) is 0 Å². The summed E-state index contributed by atoms with van der Waals surface area (Å²) in [6.45, 7) is 2.20. The number of nitrogens with zero attached hydrogens (tertiary/aromatic N) is 2. The number of aliphatic hydroxyl groups excluding tert-OH is 1. The van der Waals surface area contributed by atoms with Crippen molar-refractivity contribution in [2.45, 2.75) is 19.4 Å². The molecule has 1 heterocycles. The highest BCUT2D eigenvalue weighted by molar-refractivity contribution is 5.97. The summed E-state index contributed by atoms with van der Waals surface area (Å²) in [6.07, 6.45) is -0.0711. The topological polar surface area (TPSA) is 102 Å². The van der Waals surface area contributed by atoms with Crippen LogP contribution >= 0.6 is 0 Å². The number of amides is 1. The first kappa shape index (κ1) is 14.5. The smallest absolute Gasteiger partial charge is 0.271 e. The van der Waals surface area contributed by atoms with E-state index < -0.39 is 6.10 Å². The van der Waals surface area contributed by atoms with Crippen molar-refractivity contribution < 1.29 is 14.6 Å². The molecular weight excluding hydrogens is 236 g/mol. The molecule has 0 bridgehead atoms. The van der Waals surface area contributed by atoms with E-state index in [1.165, 1.54) is 11.8 Å². The van der Waals surface area contributed by atoms with Crippen molar-refractivity contribution in [3.8, 4) is 0 Å². The second-order valence-electron chi connectivity index (χ2n) is 4.01. The number of carbonyl (C=O) groups excluding carboxylic acids is 1. The Hall–Kier alpha value is -1.60. The van der Waals surface area contributed by atoms with E-state index in [1.54, 1.807) is 7.05 Å². The maximum Gasteiger partial charge on any atom is 0.271 e. The number of anilines is 1. The van der Waals surface area contributed by atoms with Gasteiger partial charge in [0.25, 0.3) is 5.91 Å². The quantitative estimate of drug-likeness (QED) is 0.624. The van der Waals surface area contributed by atoms with Crippen LogP contribution < -0.4 is 11.1 Å². The van der Waals surface area contributed by atoms with Gasteiger partial charge in [0.2, 0.25) is 0 Å². The summed E-state index contributed by atoms with van der Waals surface area (Å²) in [7, 11) is 3.15. The summed E-state index contributed by atoms with van der Waals surface area (Å²) in [4.78, 5) is 11.9. The molecule has 1 atom stereocenters. The first-order chi connectivity index (χ1) is 8.51. The van der Waals surface area contributed by atoms with Crippen LogP contribution in [-0.2, 0) is 18.2 Å². The molecule has 0 radical (unpaired) electrons. The van der Waals surface area contributed by atoms with Gasteiger partial charge in [0.1, 0.15) is 5.69 Å². The molecule has 1 rings (SSSR count). The van der Waals surface area contributed by atoms with Gasteiger partial charge in [-0.2, -0.15) is 5.10 Å². The second-order valence-corrected chi connectivity index (χ2v) is 4.01. The van der Waals surface area contributed by atoms with Gasteiger partial charge in [-0.1, -0.05) is 6.92 Å². The number of aromatic nitrogens is 2. The number of nitrogens with two attached hydrogens (primary N) is 1. The molecule has 0 saturated carbocycles. The molecular formula is C11H20N4O3. The molecule has 7 heteroatoms. The lowest BCUT2D eigenvalue weighted by molar-refractivity contribution is 0.0608. The molecule has 1 aromatic heterocycles. The average Bonchev–Trinajstić information content (AvgIpc) is 2.61. The van der Waals surface area contributed by atoms with E-state index in [2.05, 4.69) is 10.4 Å². The van der Waals surface area contributed by atoms with E-state index in [0.717, 1.165) is 0 Å². The molecule has 4 N–H and O–H groups in total. The van der Waals surface area contributed by atoms with Crippen LogP contribution in [0.25, 0.3) is 0 Å². The number of methoxy groups -OCH3 is 1. The molecule has 102 valence electrons. The Bertz CT molecular complexity index is 417. The minimum Gasteiger partial charge on any atom is -0.395 e. The Labute approximate surface area is 106 Å². The van der Waals surface area contributed by atoms with E-state index in [9.17, 15) is 9.90 Å². The van der Waals surface area contributed by atoms with E-state index in [4.69, 9.17) is 10.5 Å². The number of aliphatic hydroxyl groups is 1. The second kappa shape index (κ2) is 6.36. The Morgan fingerprint density at radius 1 is 1.67 bits per heavy atom. The highest BCUT2D eigenvalue weighted by Crippen LogP contribution is 2.16. The molecule has 1 amide bonds. The minimum atomic E-state index is -0.737. The fourth-order valence-corrected chi connectivity index (χ4v) is 1.67. The van der Waals surface area contributed by atoms with Crippen molar-refractivity contribution >= 4 is 11.6 Å². The van der Waals surface area contributed by atoms with Gasteiger partial charge < -0.3 is 20.9 Å². The van der Waals surface area contributed by atoms with Crippen LogP contribution in [0, 0.1) is 0 Å². The Morgan fingerprint density at radius 3 is 2.83 bits per heavy atom. The molecule has 0 aromatic carbocycles. The van der Waals surface area contributed by atoms with E-state index >= 15 is 0 Å². The summed E-state index contributed by atoms with van der Waals surface area (Å²) in [5, 5.41) is 16.2. The fourth-order valence-electron chi connectivity index (χ4n) is 1.67. The highest BCUT2D eigenvalue weighted by Gasteiger charge is 2.19. The molecule has 0 fully saturated rings. The number of nitrogen functional groups attached to an aromatic ring is 1. The van der Waals surface area contributed by atoms with Crippen molar-refractivity contribution in [3.05, 3.63) is 11.4 Å². The van der Waals surface area contributed by atoms with Crippen molar-refractivity contribution in [1.82, 2.24) is 15.1 Å². The lowest BCUT2D eigenvalue weighted by atomic mass is 10.2. The van der Waals surface area contributed by atoms with Crippen molar-refractivity contribution in [2.75, 3.05) is 26.0 Å². The standard InChI is InChI=1S/C11H20N4O3/c1-4-8-9(12)10(15(2)14-8)11(17)13-5-7(16)6-18-3/h7,16H,4-6,12H2,1-3H3,(H,13,17). The average molecular weight is 256 g/mol. The summed E-state index contributed by atoms with van der Waals surface area (Å²) in [5.74, 6) is -0.350. The number of nitrogens with one attached hydrogen (secondary N) is 1. The SMILES string of the molecule is CCc1nn(C)c(C(=O)NCC(O)COC)c1N. The van der Waals surface area contributed by atoms with Crippen LogP contribution in [0.4, 0.5) is 5.69 Å². The third-order valence-corrected chi connectivity index (χ3v) is 2.57. The number of hydrogen-bond acceptors (Lipinski definition) is 5. The van der Waals surface area contributed by atoms with Crippen LogP contribution in [0.1, 0.15) is 23.1 Å². The van der Waals surface area contributed by atoms with Gasteiger partial charge in [-0.3, -0.25) is 9.48 Å². The summed E-state index contributed by atoms with van der Waals surface area (Å²) < 4.78 is 6.22. The molecule has 1 aromatic rings. The van der Waals surface area contributed by atoms with Gasteiger partial charge in [-0.25, -0.2) is 0 Å². The number of ether oxygens (including phenoxy) is 1. The normalized spacial score (nSPS) is 12.4. The molecule has 0 aliphatic heterocycles. The van der Waals surface area contributed by atoms with Crippen LogP contribution in [0.2, 0.25) is 0 Å². The molecule has 18 heavy (non-hydrogen) atoms. The lowest BCUT2D eigenvalue weighted by Gasteiger charge is -2.11. The zero-order valence-electron chi connectivity index (χ0n) is 10.9. The Morgan fingerprint density at radius 2 is 2.33 bits per heavy atom. The molecule has 0 aliphatic rings. The number of aryl methyl sites for hydroxylation is 2. The molecule has 7 nitrogen and oxygen atoms in total. The summed E-state index contributed by atoms with van der Waals surface area (Å²) >= 11 is 0. The van der Waals surface area contributed by atoms with Gasteiger partial charge in [0, 0.05) is 20.7 Å². The van der Waals surface area contributed by atoms with Crippen LogP contribution in [0.5, 0.6) is 0 Å². The Balaban J connectivity index is 2.70. The summed E-state index contributed by atoms with van der Waals surface area (Å²) in [5.41, 5.74) is 7.25.